The lowest BCUT2D eigenvalue weighted by Crippen LogP contribution is -2.48. The molecule has 0 spiro atoms. The van der Waals surface area contributed by atoms with Gasteiger partial charge in [0.1, 0.15) is 5.82 Å². The molecular formula is C19H25FN4O. The van der Waals surface area contributed by atoms with Crippen LogP contribution in [0.3, 0.4) is 0 Å². The molecule has 0 radical (unpaired) electrons. The number of carbonyl (C=O) groups excluding carboxylic acids is 1. The van der Waals surface area contributed by atoms with Gasteiger partial charge in [0.25, 0.3) is 0 Å². The number of halogens is 1. The first kappa shape index (κ1) is 17.5. The summed E-state index contributed by atoms with van der Waals surface area (Å²) in [5.74, 6) is -0.158. The molecule has 1 fully saturated rings. The third-order valence-electron chi connectivity index (χ3n) is 4.63. The smallest absolute Gasteiger partial charge is 0.220 e. The Labute approximate surface area is 147 Å². The van der Waals surface area contributed by atoms with E-state index in [1.165, 1.54) is 6.07 Å². The van der Waals surface area contributed by atoms with Gasteiger partial charge in [0.05, 0.1) is 11.9 Å². The van der Waals surface area contributed by atoms with Crippen molar-refractivity contribution in [2.45, 2.75) is 38.6 Å². The zero-order valence-corrected chi connectivity index (χ0v) is 14.8. The molecule has 1 atom stereocenters. The number of hydrogen-bond acceptors (Lipinski definition) is 3. The summed E-state index contributed by atoms with van der Waals surface area (Å²) in [6.07, 6.45) is 6.72. The number of hydrogen-bond donors (Lipinski definition) is 1. The molecular weight excluding hydrogens is 319 g/mol. The molecule has 1 amide bonds. The van der Waals surface area contributed by atoms with Crippen molar-refractivity contribution >= 4 is 11.6 Å². The lowest BCUT2D eigenvalue weighted by molar-refractivity contribution is -0.121. The first-order valence-electron chi connectivity index (χ1n) is 8.79. The Kier molecular flexibility index (Phi) is 5.36. The molecule has 1 aliphatic heterocycles. The Morgan fingerprint density at radius 1 is 1.44 bits per heavy atom. The van der Waals surface area contributed by atoms with Crippen LogP contribution in [0.5, 0.6) is 0 Å². The lowest BCUT2D eigenvalue weighted by Gasteiger charge is -2.35. The Hall–Kier alpha value is -2.37. The highest BCUT2D eigenvalue weighted by atomic mass is 19.1. The summed E-state index contributed by atoms with van der Waals surface area (Å²) in [4.78, 5) is 14.3. The van der Waals surface area contributed by atoms with E-state index >= 15 is 0 Å². The fraction of sp³-hybridized carbons (Fsp3) is 0.474. The Morgan fingerprint density at radius 2 is 2.28 bits per heavy atom. The van der Waals surface area contributed by atoms with Crippen molar-refractivity contribution in [1.29, 1.82) is 0 Å². The number of amides is 1. The largest absolute Gasteiger partial charge is 0.367 e. The fourth-order valence-corrected chi connectivity index (χ4v) is 3.34. The molecule has 1 aromatic carbocycles. The number of anilines is 1. The molecule has 25 heavy (non-hydrogen) atoms. The number of piperidine rings is 1. The van der Waals surface area contributed by atoms with Gasteiger partial charge in [0, 0.05) is 38.8 Å². The van der Waals surface area contributed by atoms with Gasteiger partial charge in [0.2, 0.25) is 5.91 Å². The van der Waals surface area contributed by atoms with Crippen LogP contribution in [0.2, 0.25) is 0 Å². The normalized spacial score (nSPS) is 17.6. The number of aryl methyl sites for hydroxylation is 3. The van der Waals surface area contributed by atoms with Gasteiger partial charge in [-0.2, -0.15) is 5.10 Å². The van der Waals surface area contributed by atoms with Crippen molar-refractivity contribution in [2.24, 2.45) is 7.05 Å². The van der Waals surface area contributed by atoms with E-state index < -0.39 is 0 Å². The van der Waals surface area contributed by atoms with E-state index in [1.807, 2.05) is 31.1 Å². The quantitative estimate of drug-likeness (QED) is 0.907. The maximum absolute atomic E-state index is 14.1. The minimum Gasteiger partial charge on any atom is -0.367 e. The molecule has 134 valence electrons. The molecule has 0 saturated carbocycles. The third-order valence-corrected chi connectivity index (χ3v) is 4.63. The number of nitrogens with zero attached hydrogens (tertiary/aromatic N) is 3. The van der Waals surface area contributed by atoms with Crippen LogP contribution < -0.4 is 10.2 Å². The van der Waals surface area contributed by atoms with Crippen LogP contribution in [0, 0.1) is 12.7 Å². The molecule has 2 aromatic rings. The van der Waals surface area contributed by atoms with E-state index in [-0.39, 0.29) is 17.8 Å². The predicted octanol–water partition coefficient (Wildman–Crippen LogP) is 2.59. The Bertz CT molecular complexity index is 743. The van der Waals surface area contributed by atoms with Gasteiger partial charge in [-0.05, 0) is 49.4 Å². The van der Waals surface area contributed by atoms with E-state index in [4.69, 9.17) is 0 Å². The first-order valence-corrected chi connectivity index (χ1v) is 8.79. The zero-order valence-electron chi connectivity index (χ0n) is 14.8. The van der Waals surface area contributed by atoms with E-state index in [9.17, 15) is 9.18 Å². The summed E-state index contributed by atoms with van der Waals surface area (Å²) in [6, 6.07) is 5.23. The topological polar surface area (TPSA) is 50.2 Å². The van der Waals surface area contributed by atoms with E-state index in [0.717, 1.165) is 30.5 Å². The standard InChI is InChI=1S/C19H25FN4O/c1-14-5-7-17(20)18(10-14)24-9-3-4-16(13-24)22-19(25)8-6-15-11-21-23(2)12-15/h5,7,10-12,16H,3-4,6,8-9,13H2,1-2H3,(H,22,25)/t16-/m1/s1. The second-order valence-corrected chi connectivity index (χ2v) is 6.83. The van der Waals surface area contributed by atoms with Gasteiger partial charge in [0.15, 0.2) is 0 Å². The highest BCUT2D eigenvalue weighted by Gasteiger charge is 2.23. The molecule has 3 rings (SSSR count). The van der Waals surface area contributed by atoms with Crippen molar-refractivity contribution < 1.29 is 9.18 Å². The number of rotatable bonds is 5. The second-order valence-electron chi connectivity index (χ2n) is 6.83. The average molecular weight is 344 g/mol. The molecule has 6 heteroatoms. The van der Waals surface area contributed by atoms with Crippen LogP contribution in [-0.4, -0.2) is 34.8 Å². The highest BCUT2D eigenvalue weighted by molar-refractivity contribution is 5.76. The summed E-state index contributed by atoms with van der Waals surface area (Å²) in [5, 5.41) is 7.21. The summed E-state index contributed by atoms with van der Waals surface area (Å²) >= 11 is 0. The molecule has 0 unspecified atom stereocenters. The second kappa shape index (κ2) is 7.68. The van der Waals surface area contributed by atoms with Crippen molar-refractivity contribution in [2.75, 3.05) is 18.0 Å². The average Bonchev–Trinajstić information content (AvgIpc) is 3.01. The van der Waals surface area contributed by atoms with Crippen molar-refractivity contribution in [3.8, 4) is 0 Å². The number of carbonyl (C=O) groups is 1. The van der Waals surface area contributed by atoms with Gasteiger partial charge in [-0.3, -0.25) is 9.48 Å². The van der Waals surface area contributed by atoms with Crippen molar-refractivity contribution in [3.63, 3.8) is 0 Å². The molecule has 2 heterocycles. The van der Waals surface area contributed by atoms with Gasteiger partial charge in [-0.25, -0.2) is 4.39 Å². The molecule has 1 aliphatic rings. The molecule has 1 saturated heterocycles. The SMILES string of the molecule is Cc1ccc(F)c(N2CCC[C@@H](NC(=O)CCc3cnn(C)c3)C2)c1. The number of nitrogens with one attached hydrogen (secondary N) is 1. The molecule has 1 N–H and O–H groups in total. The van der Waals surface area contributed by atoms with E-state index in [0.29, 0.717) is 25.1 Å². The molecule has 5 nitrogen and oxygen atoms in total. The van der Waals surface area contributed by atoms with Gasteiger partial charge >= 0.3 is 0 Å². The van der Waals surface area contributed by atoms with Crippen LogP contribution in [-0.2, 0) is 18.3 Å². The molecule has 1 aromatic heterocycles. The first-order chi connectivity index (χ1) is 12.0. The summed E-state index contributed by atoms with van der Waals surface area (Å²) in [5.41, 5.74) is 2.73. The predicted molar refractivity (Wildman–Crippen MR) is 96.0 cm³/mol. The van der Waals surface area contributed by atoms with Crippen molar-refractivity contribution in [3.05, 3.63) is 47.5 Å². The summed E-state index contributed by atoms with van der Waals surface area (Å²) < 4.78 is 15.9. The Balaban J connectivity index is 1.54. The zero-order chi connectivity index (χ0) is 17.8. The van der Waals surface area contributed by atoms with Crippen molar-refractivity contribution in [1.82, 2.24) is 15.1 Å². The van der Waals surface area contributed by atoms with Crippen LogP contribution in [0.15, 0.2) is 30.6 Å². The van der Waals surface area contributed by atoms with Crippen LogP contribution >= 0.6 is 0 Å². The fourth-order valence-electron chi connectivity index (χ4n) is 3.34. The lowest BCUT2D eigenvalue weighted by atomic mass is 10.0. The number of benzene rings is 1. The van der Waals surface area contributed by atoms with E-state index in [1.54, 1.807) is 16.9 Å². The summed E-state index contributed by atoms with van der Waals surface area (Å²) in [7, 11) is 1.87. The molecule has 0 aliphatic carbocycles. The van der Waals surface area contributed by atoms with Crippen LogP contribution in [0.1, 0.15) is 30.4 Å². The molecule has 0 bridgehead atoms. The van der Waals surface area contributed by atoms with Gasteiger partial charge in [-0.1, -0.05) is 6.07 Å². The van der Waals surface area contributed by atoms with Crippen LogP contribution in [0.4, 0.5) is 10.1 Å². The minimum absolute atomic E-state index is 0.0421. The Morgan fingerprint density at radius 3 is 3.04 bits per heavy atom. The third kappa shape index (κ3) is 4.59. The highest BCUT2D eigenvalue weighted by Crippen LogP contribution is 2.24. The van der Waals surface area contributed by atoms with Gasteiger partial charge in [-0.15, -0.1) is 0 Å². The minimum atomic E-state index is -0.200. The van der Waals surface area contributed by atoms with Gasteiger partial charge < -0.3 is 10.2 Å². The number of aromatic nitrogens is 2. The maximum Gasteiger partial charge on any atom is 0.220 e. The monoisotopic (exact) mass is 344 g/mol. The summed E-state index contributed by atoms with van der Waals surface area (Å²) in [6.45, 7) is 3.44. The maximum atomic E-state index is 14.1. The van der Waals surface area contributed by atoms with E-state index in [2.05, 4.69) is 10.4 Å². The van der Waals surface area contributed by atoms with Crippen LogP contribution in [0.25, 0.3) is 0 Å².